The molecule has 0 bridgehead atoms. The molecule has 1 heterocycles. The first kappa shape index (κ1) is 20.7. The average Bonchev–Trinajstić information content (AvgIpc) is 2.97. The molecular formula is C18H22N2O6S. The Morgan fingerprint density at radius 2 is 1.85 bits per heavy atom. The maximum absolute atomic E-state index is 12.6. The lowest BCUT2D eigenvalue weighted by Gasteiger charge is -2.18. The van der Waals surface area contributed by atoms with Gasteiger partial charge in [-0.2, -0.15) is 0 Å². The van der Waals surface area contributed by atoms with Crippen LogP contribution in [0.1, 0.15) is 39.9 Å². The summed E-state index contributed by atoms with van der Waals surface area (Å²) in [6, 6.07) is 7.48. The average molecular weight is 394 g/mol. The Labute approximate surface area is 157 Å². The summed E-state index contributed by atoms with van der Waals surface area (Å²) < 4.78 is 30.9. The SMILES string of the molecule is Cc1ccccc1C(CC(=O)O)NC(=O)c1cc(S(=O)(=O)N(C)C)c(C)o1. The maximum Gasteiger partial charge on any atom is 0.305 e. The molecule has 1 aromatic carbocycles. The number of furan rings is 1. The molecule has 0 aliphatic heterocycles. The third-order valence-electron chi connectivity index (χ3n) is 4.10. The fourth-order valence-corrected chi connectivity index (χ4v) is 3.70. The summed E-state index contributed by atoms with van der Waals surface area (Å²) in [5.41, 5.74) is 1.49. The van der Waals surface area contributed by atoms with Crippen LogP contribution in [-0.2, 0) is 14.8 Å². The van der Waals surface area contributed by atoms with Gasteiger partial charge in [0.2, 0.25) is 10.0 Å². The number of carboxylic acid groups (broad SMARTS) is 1. The predicted molar refractivity (Wildman–Crippen MR) is 98.0 cm³/mol. The molecule has 0 saturated heterocycles. The summed E-state index contributed by atoms with van der Waals surface area (Å²) in [6.07, 6.45) is -0.320. The van der Waals surface area contributed by atoms with Crippen LogP contribution >= 0.6 is 0 Å². The number of hydrogen-bond acceptors (Lipinski definition) is 5. The van der Waals surface area contributed by atoms with Crippen LogP contribution in [0.2, 0.25) is 0 Å². The molecule has 1 amide bonds. The van der Waals surface area contributed by atoms with Gasteiger partial charge in [0, 0.05) is 20.2 Å². The monoisotopic (exact) mass is 394 g/mol. The van der Waals surface area contributed by atoms with Crippen LogP contribution in [-0.4, -0.2) is 43.8 Å². The second kappa shape index (κ2) is 7.93. The zero-order chi connectivity index (χ0) is 20.4. The zero-order valence-corrected chi connectivity index (χ0v) is 16.3. The molecule has 9 heteroatoms. The van der Waals surface area contributed by atoms with Crippen molar-refractivity contribution in [3.05, 3.63) is 53.0 Å². The minimum atomic E-state index is -3.76. The standard InChI is InChI=1S/C18H22N2O6S/c1-11-7-5-6-8-13(11)14(9-17(21)22)19-18(23)15-10-16(12(2)26-15)27(24,25)20(3)4/h5-8,10,14H,9H2,1-4H3,(H,19,23)(H,21,22). The van der Waals surface area contributed by atoms with Gasteiger partial charge in [-0.3, -0.25) is 9.59 Å². The Morgan fingerprint density at radius 3 is 2.41 bits per heavy atom. The predicted octanol–water partition coefficient (Wildman–Crippen LogP) is 2.09. The number of nitrogens with zero attached hydrogens (tertiary/aromatic N) is 1. The van der Waals surface area contributed by atoms with E-state index in [0.717, 1.165) is 15.9 Å². The van der Waals surface area contributed by atoms with E-state index in [1.165, 1.54) is 21.0 Å². The largest absolute Gasteiger partial charge is 0.481 e. The van der Waals surface area contributed by atoms with Crippen LogP contribution in [0.4, 0.5) is 0 Å². The molecule has 1 unspecified atom stereocenters. The van der Waals surface area contributed by atoms with Crippen molar-refractivity contribution in [1.82, 2.24) is 9.62 Å². The highest BCUT2D eigenvalue weighted by Gasteiger charge is 2.27. The molecule has 27 heavy (non-hydrogen) atoms. The van der Waals surface area contributed by atoms with E-state index < -0.39 is 27.9 Å². The highest BCUT2D eigenvalue weighted by molar-refractivity contribution is 7.89. The van der Waals surface area contributed by atoms with Crippen LogP contribution < -0.4 is 5.32 Å². The molecule has 1 aromatic heterocycles. The van der Waals surface area contributed by atoms with Crippen LogP contribution in [0, 0.1) is 13.8 Å². The van der Waals surface area contributed by atoms with Crippen molar-refractivity contribution in [2.24, 2.45) is 0 Å². The number of carbonyl (C=O) groups is 2. The Balaban J connectivity index is 2.34. The van der Waals surface area contributed by atoms with E-state index in [4.69, 9.17) is 4.42 Å². The normalized spacial score (nSPS) is 12.8. The summed E-state index contributed by atoms with van der Waals surface area (Å²) in [4.78, 5) is 23.7. The Kier molecular flexibility index (Phi) is 6.07. The highest BCUT2D eigenvalue weighted by Crippen LogP contribution is 2.25. The van der Waals surface area contributed by atoms with E-state index in [2.05, 4.69) is 5.32 Å². The molecule has 0 aliphatic carbocycles. The van der Waals surface area contributed by atoms with Gasteiger partial charge in [-0.15, -0.1) is 0 Å². The van der Waals surface area contributed by atoms with Gasteiger partial charge < -0.3 is 14.8 Å². The van der Waals surface area contributed by atoms with E-state index >= 15 is 0 Å². The van der Waals surface area contributed by atoms with E-state index in [9.17, 15) is 23.1 Å². The molecule has 2 N–H and O–H groups in total. The first-order chi connectivity index (χ1) is 12.5. The van der Waals surface area contributed by atoms with E-state index in [1.54, 1.807) is 12.1 Å². The maximum atomic E-state index is 12.6. The summed E-state index contributed by atoms with van der Waals surface area (Å²) in [7, 11) is -1.01. The van der Waals surface area contributed by atoms with Crippen molar-refractivity contribution in [3.63, 3.8) is 0 Å². The van der Waals surface area contributed by atoms with Gasteiger partial charge in [-0.05, 0) is 25.0 Å². The third kappa shape index (κ3) is 4.55. The fraction of sp³-hybridized carbons (Fsp3) is 0.333. The number of aliphatic carboxylic acids is 1. The molecule has 2 aromatic rings. The number of aryl methyl sites for hydroxylation is 2. The van der Waals surface area contributed by atoms with E-state index in [1.807, 2.05) is 19.1 Å². The second-order valence-electron chi connectivity index (χ2n) is 6.30. The summed E-state index contributed by atoms with van der Waals surface area (Å²) in [5.74, 6) is -1.88. The Hall–Kier alpha value is -2.65. The topological polar surface area (TPSA) is 117 Å². The molecule has 2 rings (SSSR count). The number of hydrogen-bond donors (Lipinski definition) is 2. The van der Waals surface area contributed by atoms with E-state index in [0.29, 0.717) is 5.56 Å². The lowest BCUT2D eigenvalue weighted by molar-refractivity contribution is -0.137. The highest BCUT2D eigenvalue weighted by atomic mass is 32.2. The van der Waals surface area contributed by atoms with Gasteiger partial charge in [-0.1, -0.05) is 24.3 Å². The van der Waals surface area contributed by atoms with Crippen LogP contribution in [0.15, 0.2) is 39.6 Å². The van der Waals surface area contributed by atoms with Crippen LogP contribution in [0.5, 0.6) is 0 Å². The minimum absolute atomic E-state index is 0.0829. The number of nitrogens with one attached hydrogen (secondary N) is 1. The number of amides is 1. The number of benzene rings is 1. The molecule has 0 aliphatic rings. The lowest BCUT2D eigenvalue weighted by atomic mass is 9.98. The Bertz CT molecular complexity index is 962. The molecule has 0 fully saturated rings. The number of carbonyl (C=O) groups excluding carboxylic acids is 1. The Morgan fingerprint density at radius 1 is 1.22 bits per heavy atom. The number of rotatable bonds is 7. The minimum Gasteiger partial charge on any atom is -0.481 e. The summed E-state index contributed by atoms with van der Waals surface area (Å²) in [5, 5.41) is 11.8. The van der Waals surface area contributed by atoms with Crippen molar-refractivity contribution in [2.45, 2.75) is 31.2 Å². The number of sulfonamides is 1. The molecule has 146 valence electrons. The zero-order valence-electron chi connectivity index (χ0n) is 15.5. The van der Waals surface area contributed by atoms with Gasteiger partial charge in [0.15, 0.2) is 5.76 Å². The first-order valence-corrected chi connectivity index (χ1v) is 9.59. The number of carboxylic acids is 1. The molecule has 0 saturated carbocycles. The van der Waals surface area contributed by atoms with Gasteiger partial charge in [0.1, 0.15) is 10.7 Å². The molecule has 8 nitrogen and oxygen atoms in total. The van der Waals surface area contributed by atoms with E-state index in [-0.39, 0.29) is 22.8 Å². The van der Waals surface area contributed by atoms with Crippen LogP contribution in [0.25, 0.3) is 0 Å². The van der Waals surface area contributed by atoms with Crippen molar-refractivity contribution in [3.8, 4) is 0 Å². The van der Waals surface area contributed by atoms with Crippen molar-refractivity contribution in [1.29, 1.82) is 0 Å². The van der Waals surface area contributed by atoms with Gasteiger partial charge >= 0.3 is 5.97 Å². The molecule has 0 spiro atoms. The van der Waals surface area contributed by atoms with Crippen LogP contribution in [0.3, 0.4) is 0 Å². The summed E-state index contributed by atoms with van der Waals surface area (Å²) >= 11 is 0. The summed E-state index contributed by atoms with van der Waals surface area (Å²) in [6.45, 7) is 3.26. The van der Waals surface area contributed by atoms with Gasteiger partial charge in [-0.25, -0.2) is 12.7 Å². The van der Waals surface area contributed by atoms with Crippen molar-refractivity contribution in [2.75, 3.05) is 14.1 Å². The van der Waals surface area contributed by atoms with Crippen molar-refractivity contribution < 1.29 is 27.5 Å². The lowest BCUT2D eigenvalue weighted by Crippen LogP contribution is -2.30. The van der Waals surface area contributed by atoms with Crippen molar-refractivity contribution >= 4 is 21.9 Å². The smallest absolute Gasteiger partial charge is 0.305 e. The molecule has 0 radical (unpaired) electrons. The molecular weight excluding hydrogens is 372 g/mol. The first-order valence-electron chi connectivity index (χ1n) is 8.15. The fourth-order valence-electron chi connectivity index (χ4n) is 2.65. The second-order valence-corrected chi connectivity index (χ2v) is 8.42. The van der Waals surface area contributed by atoms with Gasteiger partial charge in [0.05, 0.1) is 12.5 Å². The molecule has 1 atom stereocenters. The third-order valence-corrected chi connectivity index (χ3v) is 6.03. The quantitative estimate of drug-likeness (QED) is 0.743. The van der Waals surface area contributed by atoms with Gasteiger partial charge in [0.25, 0.3) is 5.91 Å².